The van der Waals surface area contributed by atoms with Crippen LogP contribution in [0.1, 0.15) is 19.4 Å². The standard InChI is InChI=1S/C19H18ClNO5S/c1-18(2)16(27(3,23)24)15(25-17-14(20)10-7-11-21-17)19(12-22,26-18)13-8-5-4-6-9-13/h4-12H,1-3H3. The summed E-state index contributed by atoms with van der Waals surface area (Å²) in [6.07, 6.45) is 3.03. The van der Waals surface area contributed by atoms with E-state index in [1.807, 2.05) is 0 Å². The topological polar surface area (TPSA) is 82.6 Å². The second-order valence-corrected chi connectivity index (χ2v) is 9.01. The molecule has 3 rings (SSSR count). The minimum absolute atomic E-state index is 0.0150. The monoisotopic (exact) mass is 407 g/mol. The highest BCUT2D eigenvalue weighted by atomic mass is 35.5. The zero-order valence-electron chi connectivity index (χ0n) is 15.0. The van der Waals surface area contributed by atoms with Gasteiger partial charge < -0.3 is 9.47 Å². The third-order valence-corrected chi connectivity index (χ3v) is 5.88. The molecule has 1 atom stereocenters. The number of nitrogens with zero attached hydrogens (tertiary/aromatic N) is 1. The fourth-order valence-corrected chi connectivity index (χ4v) is 4.86. The van der Waals surface area contributed by atoms with Crippen molar-refractivity contribution < 1.29 is 22.7 Å². The molecule has 0 amide bonds. The van der Waals surface area contributed by atoms with Gasteiger partial charge in [0.25, 0.3) is 0 Å². The molecule has 2 aromatic rings. The van der Waals surface area contributed by atoms with Gasteiger partial charge in [0.1, 0.15) is 15.5 Å². The normalized spacial score (nSPS) is 21.9. The summed E-state index contributed by atoms with van der Waals surface area (Å²) in [5.74, 6) is -0.171. The van der Waals surface area contributed by atoms with E-state index in [0.29, 0.717) is 11.8 Å². The van der Waals surface area contributed by atoms with Gasteiger partial charge in [0, 0.05) is 12.5 Å². The van der Waals surface area contributed by atoms with Gasteiger partial charge >= 0.3 is 0 Å². The Kier molecular flexibility index (Phi) is 4.88. The first-order valence-electron chi connectivity index (χ1n) is 8.07. The summed E-state index contributed by atoms with van der Waals surface area (Å²) >= 11 is 6.13. The van der Waals surface area contributed by atoms with Gasteiger partial charge in [0.05, 0.1) is 0 Å². The van der Waals surface area contributed by atoms with Crippen molar-refractivity contribution in [1.82, 2.24) is 4.98 Å². The van der Waals surface area contributed by atoms with Crippen molar-refractivity contribution in [2.75, 3.05) is 6.26 Å². The Morgan fingerprint density at radius 1 is 1.15 bits per heavy atom. The molecule has 142 valence electrons. The molecule has 1 aliphatic heterocycles. The van der Waals surface area contributed by atoms with Crippen LogP contribution < -0.4 is 4.74 Å². The molecule has 0 N–H and O–H groups in total. The Labute approximate surface area is 162 Å². The van der Waals surface area contributed by atoms with Gasteiger partial charge in [-0.3, -0.25) is 4.79 Å². The Morgan fingerprint density at radius 2 is 1.81 bits per heavy atom. The highest BCUT2D eigenvalue weighted by molar-refractivity contribution is 7.94. The Bertz CT molecular complexity index is 1020. The van der Waals surface area contributed by atoms with Crippen molar-refractivity contribution in [3.05, 3.63) is 69.9 Å². The third kappa shape index (κ3) is 3.38. The van der Waals surface area contributed by atoms with Crippen LogP contribution in [-0.4, -0.2) is 31.5 Å². The van der Waals surface area contributed by atoms with Crippen LogP contribution in [0.15, 0.2) is 59.3 Å². The number of sulfone groups is 1. The Balaban J connectivity index is 2.33. The SMILES string of the molecule is CC1(C)OC(C=O)(c2ccccc2)C(Oc2ncccc2Cl)=C1S(C)(=O)=O. The first kappa shape index (κ1) is 19.5. The first-order chi connectivity index (χ1) is 12.6. The van der Waals surface area contributed by atoms with Gasteiger partial charge in [-0.1, -0.05) is 41.9 Å². The van der Waals surface area contributed by atoms with E-state index in [1.54, 1.807) is 56.3 Å². The van der Waals surface area contributed by atoms with Crippen molar-refractivity contribution in [3.8, 4) is 5.88 Å². The van der Waals surface area contributed by atoms with E-state index in [0.717, 1.165) is 6.26 Å². The molecule has 0 saturated heterocycles. The lowest BCUT2D eigenvalue weighted by molar-refractivity contribution is -0.139. The molecule has 0 bridgehead atoms. The molecule has 0 radical (unpaired) electrons. The maximum absolute atomic E-state index is 12.6. The summed E-state index contributed by atoms with van der Waals surface area (Å²) in [5, 5.41) is 0.176. The largest absolute Gasteiger partial charge is 0.437 e. The average molecular weight is 408 g/mol. The van der Waals surface area contributed by atoms with Crippen LogP contribution in [0.4, 0.5) is 0 Å². The first-order valence-corrected chi connectivity index (χ1v) is 10.3. The number of ether oxygens (including phenoxy) is 2. The van der Waals surface area contributed by atoms with E-state index >= 15 is 0 Å². The van der Waals surface area contributed by atoms with E-state index in [-0.39, 0.29) is 21.6 Å². The van der Waals surface area contributed by atoms with Crippen molar-refractivity contribution in [2.45, 2.75) is 25.0 Å². The molecule has 2 heterocycles. The van der Waals surface area contributed by atoms with Gasteiger partial charge in [-0.15, -0.1) is 0 Å². The van der Waals surface area contributed by atoms with Crippen molar-refractivity contribution in [2.24, 2.45) is 0 Å². The number of carbonyl (C=O) groups is 1. The van der Waals surface area contributed by atoms with Crippen LogP contribution in [0.5, 0.6) is 5.88 Å². The average Bonchev–Trinajstić information content (AvgIpc) is 2.85. The number of benzene rings is 1. The quantitative estimate of drug-likeness (QED) is 0.707. The number of pyridine rings is 1. The second kappa shape index (κ2) is 6.74. The van der Waals surface area contributed by atoms with E-state index < -0.39 is 21.0 Å². The lowest BCUT2D eigenvalue weighted by Crippen LogP contribution is -2.36. The number of hydrogen-bond donors (Lipinski definition) is 0. The van der Waals surface area contributed by atoms with E-state index in [2.05, 4.69) is 4.98 Å². The molecular weight excluding hydrogens is 390 g/mol. The minimum Gasteiger partial charge on any atom is -0.437 e. The summed E-state index contributed by atoms with van der Waals surface area (Å²) in [6, 6.07) is 11.7. The molecule has 1 unspecified atom stereocenters. The van der Waals surface area contributed by atoms with Crippen LogP contribution >= 0.6 is 11.6 Å². The molecule has 0 fully saturated rings. The Morgan fingerprint density at radius 3 is 2.37 bits per heavy atom. The third-order valence-electron chi connectivity index (χ3n) is 4.17. The molecule has 8 heteroatoms. The van der Waals surface area contributed by atoms with Crippen molar-refractivity contribution >= 4 is 27.7 Å². The summed E-state index contributed by atoms with van der Waals surface area (Å²) in [6.45, 7) is 3.14. The van der Waals surface area contributed by atoms with Crippen LogP contribution in [0.25, 0.3) is 0 Å². The van der Waals surface area contributed by atoms with Crippen molar-refractivity contribution in [1.29, 1.82) is 0 Å². The number of hydrogen-bond acceptors (Lipinski definition) is 6. The second-order valence-electron chi connectivity index (χ2n) is 6.65. The van der Waals surface area contributed by atoms with Crippen molar-refractivity contribution in [3.63, 3.8) is 0 Å². The van der Waals surface area contributed by atoms with Crippen LogP contribution in [0.3, 0.4) is 0 Å². The van der Waals surface area contributed by atoms with Gasteiger partial charge in [0.2, 0.25) is 11.5 Å². The predicted octanol–water partition coefficient (Wildman–Crippen LogP) is 3.27. The van der Waals surface area contributed by atoms with E-state index in [4.69, 9.17) is 21.1 Å². The molecule has 0 saturated carbocycles. The number of halogens is 1. The zero-order valence-corrected chi connectivity index (χ0v) is 16.5. The molecule has 1 aliphatic rings. The van der Waals surface area contributed by atoms with E-state index in [1.165, 1.54) is 6.20 Å². The van der Waals surface area contributed by atoms with Crippen LogP contribution in [0.2, 0.25) is 5.02 Å². The smallest absolute Gasteiger partial charge is 0.237 e. The minimum atomic E-state index is -3.78. The highest BCUT2D eigenvalue weighted by Crippen LogP contribution is 2.50. The molecule has 27 heavy (non-hydrogen) atoms. The fourth-order valence-electron chi connectivity index (χ4n) is 3.24. The van der Waals surface area contributed by atoms with Gasteiger partial charge in [-0.2, -0.15) is 0 Å². The maximum Gasteiger partial charge on any atom is 0.237 e. The maximum atomic E-state index is 12.6. The lowest BCUT2D eigenvalue weighted by atomic mass is 9.93. The molecular formula is C19H18ClNO5S. The molecule has 6 nitrogen and oxygen atoms in total. The number of aldehydes is 1. The number of aromatic nitrogens is 1. The molecule has 1 aromatic heterocycles. The molecule has 1 aromatic carbocycles. The predicted molar refractivity (Wildman–Crippen MR) is 101 cm³/mol. The summed E-state index contributed by atoms with van der Waals surface area (Å²) in [4.78, 5) is 16.2. The van der Waals surface area contributed by atoms with Gasteiger partial charge in [0.15, 0.2) is 21.9 Å². The highest BCUT2D eigenvalue weighted by Gasteiger charge is 2.57. The summed E-state index contributed by atoms with van der Waals surface area (Å²) in [5.41, 5.74) is -2.61. The lowest BCUT2D eigenvalue weighted by Gasteiger charge is -2.29. The molecule has 0 aliphatic carbocycles. The van der Waals surface area contributed by atoms with E-state index in [9.17, 15) is 13.2 Å². The Hall–Kier alpha value is -2.22. The van der Waals surface area contributed by atoms with Crippen LogP contribution in [0, 0.1) is 0 Å². The van der Waals surface area contributed by atoms with Gasteiger partial charge in [-0.25, -0.2) is 13.4 Å². The number of carbonyl (C=O) groups excluding carboxylic acids is 1. The number of rotatable bonds is 5. The van der Waals surface area contributed by atoms with Gasteiger partial charge in [-0.05, 0) is 31.5 Å². The summed E-state index contributed by atoms with van der Waals surface area (Å²) in [7, 11) is -3.78. The zero-order chi connectivity index (χ0) is 19.9. The van der Waals surface area contributed by atoms with Crippen LogP contribution in [-0.2, 0) is 25.0 Å². The summed E-state index contributed by atoms with van der Waals surface area (Å²) < 4.78 is 37.0. The molecule has 0 spiro atoms. The fraction of sp³-hybridized carbons (Fsp3) is 0.263.